The Morgan fingerprint density at radius 1 is 1.00 bits per heavy atom. The number of carbonyl (C=O) groups is 1. The van der Waals surface area contributed by atoms with Gasteiger partial charge in [-0.15, -0.1) is 10.2 Å². The highest BCUT2D eigenvalue weighted by Crippen LogP contribution is 2.45. The van der Waals surface area contributed by atoms with E-state index in [-0.39, 0.29) is 17.9 Å². The van der Waals surface area contributed by atoms with Gasteiger partial charge in [0.1, 0.15) is 5.82 Å². The summed E-state index contributed by atoms with van der Waals surface area (Å²) in [6.45, 7) is 6.91. The summed E-state index contributed by atoms with van der Waals surface area (Å²) in [4.78, 5) is 16.4. The number of nitrogens with zero attached hydrogens (tertiary/aromatic N) is 5. The molecular weight excluding hydrogens is 338 g/mol. The topological polar surface area (TPSA) is 54.3 Å². The Kier molecular flexibility index (Phi) is 5.17. The Bertz CT molecular complexity index is 668. The van der Waals surface area contributed by atoms with Gasteiger partial charge in [0.2, 0.25) is 11.9 Å². The number of hydrogen-bond acceptors (Lipinski definition) is 4. The van der Waals surface area contributed by atoms with Gasteiger partial charge >= 0.3 is 0 Å². The van der Waals surface area contributed by atoms with E-state index in [1.807, 2.05) is 4.90 Å². The van der Waals surface area contributed by atoms with Crippen LogP contribution in [-0.4, -0.2) is 51.2 Å². The smallest absolute Gasteiger partial charge is 0.226 e. The number of carbonyl (C=O) groups excluding carboxylic acids is 1. The summed E-state index contributed by atoms with van der Waals surface area (Å²) in [5.41, 5.74) is 0.607. The third-order valence-electron chi connectivity index (χ3n) is 7.63. The first-order valence-electron chi connectivity index (χ1n) is 10.9. The predicted octanol–water partition coefficient (Wildman–Crippen LogP) is 3.48. The molecule has 0 N–H and O–H groups in total. The molecule has 1 aromatic rings. The van der Waals surface area contributed by atoms with Crippen molar-refractivity contribution in [3.05, 3.63) is 5.82 Å². The highest BCUT2D eigenvalue weighted by Gasteiger charge is 2.38. The Labute approximate surface area is 163 Å². The van der Waals surface area contributed by atoms with E-state index in [0.717, 1.165) is 44.2 Å². The van der Waals surface area contributed by atoms with Crippen molar-refractivity contribution < 1.29 is 4.79 Å². The van der Waals surface area contributed by atoms with Crippen LogP contribution in [0.5, 0.6) is 0 Å². The number of hydrogen-bond donors (Lipinski definition) is 0. The Morgan fingerprint density at radius 2 is 1.70 bits per heavy atom. The van der Waals surface area contributed by atoms with Crippen molar-refractivity contribution in [2.24, 2.45) is 12.5 Å². The molecule has 1 spiro atoms. The highest BCUT2D eigenvalue weighted by molar-refractivity contribution is 5.73. The molecule has 2 atom stereocenters. The van der Waals surface area contributed by atoms with Crippen molar-refractivity contribution in [3.63, 3.8) is 0 Å². The maximum atomic E-state index is 11.9. The first-order valence-corrected chi connectivity index (χ1v) is 10.9. The number of piperidine rings is 2. The van der Waals surface area contributed by atoms with E-state index in [4.69, 9.17) is 0 Å². The van der Waals surface area contributed by atoms with Gasteiger partial charge < -0.3 is 14.4 Å². The van der Waals surface area contributed by atoms with Crippen LogP contribution in [0.25, 0.3) is 0 Å². The third-order valence-corrected chi connectivity index (χ3v) is 7.63. The van der Waals surface area contributed by atoms with Gasteiger partial charge in [-0.3, -0.25) is 4.79 Å². The zero-order valence-corrected chi connectivity index (χ0v) is 17.3. The molecule has 27 heavy (non-hydrogen) atoms. The van der Waals surface area contributed by atoms with E-state index >= 15 is 0 Å². The van der Waals surface area contributed by atoms with Crippen LogP contribution in [0.1, 0.15) is 83.4 Å². The summed E-state index contributed by atoms with van der Waals surface area (Å²) in [6, 6.07) is 0.193. The fraction of sp³-hybridized carbons (Fsp3) is 0.857. The maximum Gasteiger partial charge on any atom is 0.226 e. The summed E-state index contributed by atoms with van der Waals surface area (Å²) in [6.07, 6.45) is 11.8. The van der Waals surface area contributed by atoms with Crippen molar-refractivity contribution in [3.8, 4) is 0 Å². The molecule has 3 fully saturated rings. The van der Waals surface area contributed by atoms with Crippen molar-refractivity contribution in [1.29, 1.82) is 0 Å². The molecule has 3 heterocycles. The number of rotatable bonds is 2. The van der Waals surface area contributed by atoms with Crippen LogP contribution in [0.3, 0.4) is 0 Å². The minimum absolute atomic E-state index is 0.170. The van der Waals surface area contributed by atoms with Crippen LogP contribution in [-0.2, 0) is 11.8 Å². The zero-order valence-electron chi connectivity index (χ0n) is 17.3. The zero-order chi connectivity index (χ0) is 19.0. The van der Waals surface area contributed by atoms with E-state index in [0.29, 0.717) is 5.41 Å². The molecule has 0 aromatic carbocycles. The summed E-state index contributed by atoms with van der Waals surface area (Å²) in [5.74, 6) is 2.51. The first-order chi connectivity index (χ1) is 13.0. The van der Waals surface area contributed by atoms with Crippen LogP contribution in [0, 0.1) is 5.41 Å². The number of aromatic nitrogens is 3. The minimum Gasteiger partial charge on any atom is -0.341 e. The molecular formula is C21H35N5O. The van der Waals surface area contributed by atoms with Gasteiger partial charge in [-0.1, -0.05) is 19.3 Å². The molecule has 1 aliphatic carbocycles. The van der Waals surface area contributed by atoms with Crippen molar-refractivity contribution in [2.75, 3.05) is 24.5 Å². The lowest BCUT2D eigenvalue weighted by molar-refractivity contribution is -0.132. The fourth-order valence-corrected chi connectivity index (χ4v) is 5.85. The highest BCUT2D eigenvalue weighted by atomic mass is 16.2. The molecule has 6 heteroatoms. The van der Waals surface area contributed by atoms with Crippen molar-refractivity contribution >= 4 is 11.9 Å². The van der Waals surface area contributed by atoms with Gasteiger partial charge in [0, 0.05) is 45.6 Å². The van der Waals surface area contributed by atoms with Crippen LogP contribution >= 0.6 is 0 Å². The molecule has 1 amide bonds. The Morgan fingerprint density at radius 3 is 2.37 bits per heavy atom. The number of amides is 1. The average molecular weight is 374 g/mol. The minimum atomic E-state index is 0.170. The van der Waals surface area contributed by atoms with Gasteiger partial charge in [0.05, 0.1) is 0 Å². The number of anilines is 1. The van der Waals surface area contributed by atoms with E-state index in [1.54, 1.807) is 6.92 Å². The quantitative estimate of drug-likeness (QED) is 0.796. The Hall–Kier alpha value is -1.59. The lowest BCUT2D eigenvalue weighted by atomic mass is 9.68. The standard InChI is InChI=1S/C21H35N5O/c1-16-18(8-7-13-26(16)17(2)27)19-22-23-20(24(19)3)25-14-11-21(12-15-25)9-5-4-6-10-21/h16,18H,4-15H2,1-3H3/t16-,18-/m1/s1. The summed E-state index contributed by atoms with van der Waals surface area (Å²) in [5, 5.41) is 9.18. The lowest BCUT2D eigenvalue weighted by Crippen LogP contribution is -2.45. The summed E-state index contributed by atoms with van der Waals surface area (Å²) in [7, 11) is 2.11. The molecule has 0 radical (unpaired) electrons. The first kappa shape index (κ1) is 18.8. The van der Waals surface area contributed by atoms with E-state index < -0.39 is 0 Å². The predicted molar refractivity (Wildman–Crippen MR) is 107 cm³/mol. The SMILES string of the molecule is CC(=O)N1CCC[C@@H](c2nnc(N3CCC4(CCCCC4)CC3)n2C)[C@H]1C. The monoisotopic (exact) mass is 373 g/mol. The normalized spacial score (nSPS) is 28.6. The van der Waals surface area contributed by atoms with Gasteiger partial charge in [-0.25, -0.2) is 0 Å². The molecule has 1 saturated carbocycles. The molecule has 3 aliphatic rings. The van der Waals surface area contributed by atoms with Gasteiger partial charge in [0.15, 0.2) is 0 Å². The van der Waals surface area contributed by atoms with E-state index in [9.17, 15) is 4.79 Å². The van der Waals surface area contributed by atoms with Gasteiger partial charge in [-0.05, 0) is 50.9 Å². The molecule has 1 aromatic heterocycles. The molecule has 4 rings (SSSR count). The van der Waals surface area contributed by atoms with Crippen LogP contribution in [0.15, 0.2) is 0 Å². The third kappa shape index (κ3) is 3.47. The molecule has 2 aliphatic heterocycles. The second kappa shape index (κ2) is 7.44. The number of likely N-dealkylation sites (tertiary alicyclic amines) is 1. The molecule has 2 saturated heterocycles. The lowest BCUT2D eigenvalue weighted by Gasteiger charge is -2.44. The molecule has 6 nitrogen and oxygen atoms in total. The van der Waals surface area contributed by atoms with Crippen LogP contribution in [0.4, 0.5) is 5.95 Å². The van der Waals surface area contributed by atoms with Crippen LogP contribution < -0.4 is 4.90 Å². The second-order valence-corrected chi connectivity index (χ2v) is 9.17. The van der Waals surface area contributed by atoms with Gasteiger partial charge in [-0.2, -0.15) is 0 Å². The van der Waals surface area contributed by atoms with E-state index in [1.165, 1.54) is 44.9 Å². The molecule has 0 bridgehead atoms. The van der Waals surface area contributed by atoms with Crippen molar-refractivity contribution in [1.82, 2.24) is 19.7 Å². The van der Waals surface area contributed by atoms with Crippen molar-refractivity contribution in [2.45, 2.75) is 83.6 Å². The van der Waals surface area contributed by atoms with Crippen LogP contribution in [0.2, 0.25) is 0 Å². The average Bonchev–Trinajstić information content (AvgIpc) is 3.04. The largest absolute Gasteiger partial charge is 0.341 e. The molecule has 150 valence electrons. The second-order valence-electron chi connectivity index (χ2n) is 9.17. The summed E-state index contributed by atoms with van der Waals surface area (Å²) >= 11 is 0. The Balaban J connectivity index is 1.47. The maximum absolute atomic E-state index is 11.9. The van der Waals surface area contributed by atoms with E-state index in [2.05, 4.69) is 33.6 Å². The van der Waals surface area contributed by atoms with Gasteiger partial charge in [0.25, 0.3) is 0 Å². The summed E-state index contributed by atoms with van der Waals surface area (Å²) < 4.78 is 2.20. The fourth-order valence-electron chi connectivity index (χ4n) is 5.85. The molecule has 0 unspecified atom stereocenters.